The molecule has 3 heterocycles. The highest BCUT2D eigenvalue weighted by Gasteiger charge is 2.40. The molecule has 2 atom stereocenters. The topological polar surface area (TPSA) is 105 Å². The van der Waals surface area contributed by atoms with Crippen LogP contribution in [0.3, 0.4) is 0 Å². The first-order chi connectivity index (χ1) is 14.1. The first-order valence-corrected chi connectivity index (χ1v) is 9.90. The number of nitrogens with zero attached hydrogens (tertiary/aromatic N) is 2. The lowest BCUT2D eigenvalue weighted by molar-refractivity contribution is -0.145. The van der Waals surface area contributed by atoms with Gasteiger partial charge < -0.3 is 19.5 Å². The van der Waals surface area contributed by atoms with Crippen LogP contribution >= 0.6 is 0 Å². The van der Waals surface area contributed by atoms with Crippen LogP contribution in [-0.4, -0.2) is 65.0 Å². The zero-order valence-corrected chi connectivity index (χ0v) is 16.3. The van der Waals surface area contributed by atoms with Gasteiger partial charge in [-0.05, 0) is 55.5 Å². The molecule has 0 aliphatic carbocycles. The number of ether oxygens (including phenoxy) is 2. The Morgan fingerprint density at radius 1 is 1.21 bits per heavy atom. The Labute approximate surface area is 168 Å². The van der Waals surface area contributed by atoms with E-state index in [1.807, 2.05) is 24.3 Å². The van der Waals surface area contributed by atoms with Crippen LogP contribution in [0.1, 0.15) is 29.8 Å². The number of hydrogen-bond donors (Lipinski definition) is 2. The number of piperidine rings is 1. The van der Waals surface area contributed by atoms with Crippen LogP contribution in [0.2, 0.25) is 0 Å². The molecule has 29 heavy (non-hydrogen) atoms. The fourth-order valence-electron chi connectivity index (χ4n) is 4.28. The Hall–Kier alpha value is -2.87. The number of benzene rings is 1. The molecule has 4 rings (SSSR count). The van der Waals surface area contributed by atoms with Crippen LogP contribution in [0, 0.1) is 11.8 Å². The van der Waals surface area contributed by atoms with Crippen molar-refractivity contribution in [2.45, 2.75) is 25.4 Å². The molecule has 8 nitrogen and oxygen atoms in total. The molecule has 154 valence electrons. The van der Waals surface area contributed by atoms with Gasteiger partial charge in [0.2, 0.25) is 0 Å². The summed E-state index contributed by atoms with van der Waals surface area (Å²) < 4.78 is 10.9. The molecule has 2 fully saturated rings. The van der Waals surface area contributed by atoms with Gasteiger partial charge in [0.15, 0.2) is 0 Å². The minimum Gasteiger partial charge on any atom is -0.497 e. The zero-order valence-electron chi connectivity index (χ0n) is 16.3. The smallest absolute Gasteiger partial charge is 0.309 e. The molecule has 2 saturated heterocycles. The number of aliphatic carboxylic acids is 1. The van der Waals surface area contributed by atoms with E-state index in [0.29, 0.717) is 37.5 Å². The highest BCUT2D eigenvalue weighted by molar-refractivity contribution is 5.93. The van der Waals surface area contributed by atoms with Crippen LogP contribution in [0.4, 0.5) is 0 Å². The van der Waals surface area contributed by atoms with E-state index in [-0.39, 0.29) is 17.9 Å². The van der Waals surface area contributed by atoms with Crippen molar-refractivity contribution >= 4 is 11.9 Å². The van der Waals surface area contributed by atoms with E-state index in [4.69, 9.17) is 9.47 Å². The number of nitrogens with one attached hydrogen (secondary N) is 1. The van der Waals surface area contributed by atoms with E-state index in [0.717, 1.165) is 24.2 Å². The van der Waals surface area contributed by atoms with Gasteiger partial charge in [-0.3, -0.25) is 14.7 Å². The van der Waals surface area contributed by atoms with Crippen molar-refractivity contribution in [2.24, 2.45) is 11.8 Å². The van der Waals surface area contributed by atoms with Crippen LogP contribution < -0.4 is 4.74 Å². The fraction of sp³-hybridized carbons (Fsp3) is 0.476. The lowest BCUT2D eigenvalue weighted by Gasteiger charge is -2.35. The molecule has 0 bridgehead atoms. The minimum absolute atomic E-state index is 0.0853. The summed E-state index contributed by atoms with van der Waals surface area (Å²) >= 11 is 0. The Balaban J connectivity index is 1.37. The van der Waals surface area contributed by atoms with Crippen molar-refractivity contribution < 1.29 is 24.2 Å². The number of aromatic nitrogens is 2. The number of H-pyrrole nitrogens is 1. The van der Waals surface area contributed by atoms with E-state index < -0.39 is 11.9 Å². The van der Waals surface area contributed by atoms with Gasteiger partial charge in [0, 0.05) is 25.3 Å². The Kier molecular flexibility index (Phi) is 5.53. The van der Waals surface area contributed by atoms with Crippen molar-refractivity contribution in [3.05, 3.63) is 36.0 Å². The first kappa shape index (κ1) is 19.4. The molecule has 0 radical (unpaired) electrons. The zero-order chi connectivity index (χ0) is 20.4. The van der Waals surface area contributed by atoms with Gasteiger partial charge >= 0.3 is 5.97 Å². The number of hydrogen-bond acceptors (Lipinski definition) is 5. The quantitative estimate of drug-likeness (QED) is 0.800. The van der Waals surface area contributed by atoms with Crippen molar-refractivity contribution in [3.8, 4) is 17.0 Å². The predicted octanol–water partition coefficient (Wildman–Crippen LogP) is 2.43. The number of carbonyl (C=O) groups excluding carboxylic acids is 1. The number of methoxy groups -OCH3 is 1. The third-order valence-corrected chi connectivity index (χ3v) is 5.94. The lowest BCUT2D eigenvalue weighted by atomic mass is 9.84. The van der Waals surface area contributed by atoms with Crippen molar-refractivity contribution in [2.75, 3.05) is 26.8 Å². The maximum atomic E-state index is 12.9. The third-order valence-electron chi connectivity index (χ3n) is 5.94. The van der Waals surface area contributed by atoms with Gasteiger partial charge in [0.25, 0.3) is 5.91 Å². The maximum Gasteiger partial charge on any atom is 0.309 e. The molecule has 1 amide bonds. The van der Waals surface area contributed by atoms with E-state index >= 15 is 0 Å². The van der Waals surface area contributed by atoms with Crippen molar-refractivity contribution in [1.29, 1.82) is 0 Å². The molecule has 2 aliphatic heterocycles. The summed E-state index contributed by atoms with van der Waals surface area (Å²) in [5.41, 5.74) is 2.06. The summed E-state index contributed by atoms with van der Waals surface area (Å²) in [5.74, 6) is -0.353. The monoisotopic (exact) mass is 399 g/mol. The standard InChI is InChI=1S/C21H25N3O5/c1-28-15-4-2-13(3-5-15)17-12-18(23-22-17)20(25)24-9-6-14(7-10-24)19-16(21(26)27)8-11-29-19/h2-5,12,14,16,19H,6-11H2,1H3,(H,22,23)(H,26,27)/t16?,19-/m0/s1. The van der Waals surface area contributed by atoms with E-state index in [2.05, 4.69) is 10.2 Å². The summed E-state index contributed by atoms with van der Waals surface area (Å²) in [6.07, 6.45) is 1.83. The second-order valence-electron chi connectivity index (χ2n) is 7.59. The highest BCUT2D eigenvalue weighted by atomic mass is 16.5. The maximum absolute atomic E-state index is 12.9. The molecule has 0 saturated carbocycles. The molecular weight excluding hydrogens is 374 g/mol. The Bertz CT molecular complexity index is 871. The van der Waals surface area contributed by atoms with Crippen LogP contribution in [0.25, 0.3) is 11.3 Å². The van der Waals surface area contributed by atoms with E-state index in [1.54, 1.807) is 18.1 Å². The number of carboxylic acids is 1. The molecule has 2 N–H and O–H groups in total. The SMILES string of the molecule is COc1ccc(-c2cc(C(=O)N3CCC([C@@H]4OCCC4C(=O)O)CC3)[nH]n2)cc1. The van der Waals surface area contributed by atoms with Crippen LogP contribution in [0.5, 0.6) is 5.75 Å². The Morgan fingerprint density at radius 2 is 1.93 bits per heavy atom. The molecule has 2 aromatic rings. The second-order valence-corrected chi connectivity index (χ2v) is 7.59. The molecule has 2 aliphatic rings. The largest absolute Gasteiger partial charge is 0.497 e. The number of rotatable bonds is 5. The summed E-state index contributed by atoms with van der Waals surface area (Å²) in [6, 6.07) is 9.26. The summed E-state index contributed by atoms with van der Waals surface area (Å²) in [6.45, 7) is 1.68. The second kappa shape index (κ2) is 8.24. The van der Waals surface area contributed by atoms with Gasteiger partial charge in [0.1, 0.15) is 11.4 Å². The number of amides is 1. The molecule has 0 spiro atoms. The fourth-order valence-corrected chi connectivity index (χ4v) is 4.28. The van der Waals surface area contributed by atoms with Crippen molar-refractivity contribution in [1.82, 2.24) is 15.1 Å². The summed E-state index contributed by atoms with van der Waals surface area (Å²) in [5, 5.41) is 16.5. The van der Waals surface area contributed by atoms with Gasteiger partial charge in [0.05, 0.1) is 24.8 Å². The summed E-state index contributed by atoms with van der Waals surface area (Å²) in [4.78, 5) is 26.1. The van der Waals surface area contributed by atoms with Crippen LogP contribution in [0.15, 0.2) is 30.3 Å². The Morgan fingerprint density at radius 3 is 2.59 bits per heavy atom. The van der Waals surface area contributed by atoms with Crippen LogP contribution in [-0.2, 0) is 9.53 Å². The van der Waals surface area contributed by atoms with Gasteiger partial charge in [-0.15, -0.1) is 0 Å². The van der Waals surface area contributed by atoms with Crippen molar-refractivity contribution in [3.63, 3.8) is 0 Å². The van der Waals surface area contributed by atoms with Gasteiger partial charge in [-0.2, -0.15) is 5.10 Å². The molecule has 1 aromatic heterocycles. The molecule has 1 aromatic carbocycles. The van der Waals surface area contributed by atoms with Gasteiger partial charge in [-0.1, -0.05) is 0 Å². The highest BCUT2D eigenvalue weighted by Crippen LogP contribution is 2.33. The molecular formula is C21H25N3O5. The minimum atomic E-state index is -0.783. The van der Waals surface area contributed by atoms with E-state index in [9.17, 15) is 14.7 Å². The lowest BCUT2D eigenvalue weighted by Crippen LogP contribution is -2.43. The normalized spacial score (nSPS) is 22.6. The van der Waals surface area contributed by atoms with E-state index in [1.165, 1.54) is 0 Å². The molecule has 1 unspecified atom stereocenters. The number of aromatic amines is 1. The third kappa shape index (κ3) is 3.98. The average Bonchev–Trinajstić information content (AvgIpc) is 3.43. The summed E-state index contributed by atoms with van der Waals surface area (Å²) in [7, 11) is 1.62. The average molecular weight is 399 g/mol. The predicted molar refractivity (Wildman–Crippen MR) is 105 cm³/mol. The number of carbonyl (C=O) groups is 2. The number of carboxylic acid groups (broad SMARTS) is 1. The first-order valence-electron chi connectivity index (χ1n) is 9.90. The molecule has 8 heteroatoms. The van der Waals surface area contributed by atoms with Gasteiger partial charge in [-0.25, -0.2) is 0 Å². The number of likely N-dealkylation sites (tertiary alicyclic amines) is 1.